The number of hydrogen-bond acceptors (Lipinski definition) is 2. The first kappa shape index (κ1) is 12.4. The molecule has 0 bridgehead atoms. The fraction of sp³-hybridized carbons (Fsp3) is 0.667. The van der Waals surface area contributed by atoms with Gasteiger partial charge >= 0.3 is 0 Å². The average molecular weight is 232 g/mol. The smallest absolute Gasteiger partial charge is 0.106 e. The quantitative estimate of drug-likeness (QED) is 0.625. The van der Waals surface area contributed by atoms with E-state index in [1.807, 2.05) is 0 Å². The van der Waals surface area contributed by atoms with Gasteiger partial charge in [-0.15, -0.1) is 0 Å². The predicted molar refractivity (Wildman–Crippen MR) is 74.3 cm³/mol. The van der Waals surface area contributed by atoms with E-state index >= 15 is 0 Å². The van der Waals surface area contributed by atoms with Gasteiger partial charge in [0.2, 0.25) is 0 Å². The van der Waals surface area contributed by atoms with E-state index in [2.05, 4.69) is 70.7 Å². The Morgan fingerprint density at radius 2 is 1.59 bits per heavy atom. The molecule has 0 saturated carbocycles. The Morgan fingerprint density at radius 1 is 1.00 bits per heavy atom. The second kappa shape index (κ2) is 3.72. The van der Waals surface area contributed by atoms with Gasteiger partial charge in [-0.05, 0) is 20.8 Å². The summed E-state index contributed by atoms with van der Waals surface area (Å²) in [6, 6.07) is 0.697. The van der Waals surface area contributed by atoms with Crippen LogP contribution in [0.15, 0.2) is 29.3 Å². The van der Waals surface area contributed by atoms with Gasteiger partial charge in [0.15, 0.2) is 0 Å². The summed E-state index contributed by atoms with van der Waals surface area (Å²) in [7, 11) is 0. The third-order valence-corrected chi connectivity index (χ3v) is 3.27. The van der Waals surface area contributed by atoms with Crippen molar-refractivity contribution in [1.82, 2.24) is 4.90 Å². The molecule has 1 aliphatic heterocycles. The van der Waals surface area contributed by atoms with Crippen molar-refractivity contribution < 1.29 is 0 Å². The van der Waals surface area contributed by atoms with E-state index in [-0.39, 0.29) is 11.0 Å². The van der Waals surface area contributed by atoms with Gasteiger partial charge in [-0.25, -0.2) is 0 Å². The van der Waals surface area contributed by atoms with Crippen molar-refractivity contribution in [1.29, 1.82) is 0 Å². The zero-order chi connectivity index (χ0) is 12.8. The minimum atomic E-state index is 0.103. The molecule has 2 nitrogen and oxygen atoms in total. The summed E-state index contributed by atoms with van der Waals surface area (Å²) >= 11 is 0. The molecule has 0 aromatic carbocycles. The monoisotopic (exact) mass is 232 g/mol. The first-order chi connectivity index (χ1) is 7.71. The summed E-state index contributed by atoms with van der Waals surface area (Å²) < 4.78 is 0. The van der Waals surface area contributed by atoms with E-state index in [0.29, 0.717) is 12.1 Å². The first-order valence-corrected chi connectivity index (χ1v) is 6.44. The second-order valence-electron chi connectivity index (χ2n) is 6.99. The molecule has 2 aliphatic rings. The van der Waals surface area contributed by atoms with Gasteiger partial charge in [0, 0.05) is 11.0 Å². The number of nitrogens with zero attached hydrogens (tertiary/aromatic N) is 2. The van der Waals surface area contributed by atoms with E-state index in [0.717, 1.165) is 0 Å². The lowest BCUT2D eigenvalue weighted by Gasteiger charge is -2.43. The lowest BCUT2D eigenvalue weighted by molar-refractivity contribution is 0.196. The van der Waals surface area contributed by atoms with E-state index in [1.165, 1.54) is 5.84 Å². The normalized spacial score (nSPS) is 28.4. The minimum absolute atomic E-state index is 0.103. The van der Waals surface area contributed by atoms with Crippen molar-refractivity contribution in [3.63, 3.8) is 0 Å². The fourth-order valence-electron chi connectivity index (χ4n) is 2.61. The van der Waals surface area contributed by atoms with E-state index < -0.39 is 0 Å². The Morgan fingerprint density at radius 3 is 2.12 bits per heavy atom. The maximum atomic E-state index is 4.93. The van der Waals surface area contributed by atoms with Crippen molar-refractivity contribution in [2.45, 2.75) is 59.2 Å². The summed E-state index contributed by atoms with van der Waals surface area (Å²) in [6.45, 7) is 13.5. The van der Waals surface area contributed by atoms with Crippen LogP contribution < -0.4 is 0 Å². The van der Waals surface area contributed by atoms with Gasteiger partial charge < -0.3 is 4.90 Å². The fourth-order valence-corrected chi connectivity index (χ4v) is 2.61. The summed E-state index contributed by atoms with van der Waals surface area (Å²) in [5.74, 6) is 1.23. The van der Waals surface area contributed by atoms with E-state index in [4.69, 9.17) is 4.99 Å². The predicted octanol–water partition coefficient (Wildman–Crippen LogP) is 3.41. The van der Waals surface area contributed by atoms with Crippen LogP contribution in [0.3, 0.4) is 0 Å². The number of fused-ring (bicyclic) bond motifs is 1. The standard InChI is InChI=1S/C15H24N2/c1-14(2,3)13-16-11-9-7-8-10-12(11)17(13)15(4,5)6/h7-12H,1-6H3. The van der Waals surface area contributed by atoms with Crippen LogP contribution in [0, 0.1) is 5.41 Å². The molecule has 0 fully saturated rings. The highest BCUT2D eigenvalue weighted by Gasteiger charge is 2.43. The molecule has 0 N–H and O–H groups in total. The molecule has 0 radical (unpaired) electrons. The van der Waals surface area contributed by atoms with Crippen LogP contribution >= 0.6 is 0 Å². The SMILES string of the molecule is CC(C)(C)C1=NC2C=CC=CC2N1C(C)(C)C. The van der Waals surface area contributed by atoms with Crippen molar-refractivity contribution >= 4 is 5.84 Å². The van der Waals surface area contributed by atoms with Gasteiger partial charge in [0.1, 0.15) is 5.84 Å². The third-order valence-electron chi connectivity index (χ3n) is 3.27. The Bertz CT molecular complexity index is 388. The van der Waals surface area contributed by atoms with Crippen LogP contribution in [-0.2, 0) is 0 Å². The zero-order valence-corrected chi connectivity index (χ0v) is 11.9. The van der Waals surface area contributed by atoms with Crippen LogP contribution in [-0.4, -0.2) is 28.4 Å². The van der Waals surface area contributed by atoms with Crippen LogP contribution in [0.25, 0.3) is 0 Å². The van der Waals surface area contributed by atoms with E-state index in [9.17, 15) is 0 Å². The summed E-state index contributed by atoms with van der Waals surface area (Å²) in [4.78, 5) is 7.42. The molecule has 0 aromatic heterocycles. The summed E-state index contributed by atoms with van der Waals surface area (Å²) in [6.07, 6.45) is 8.73. The Labute approximate surface area is 105 Å². The number of aliphatic imine (C=N–C) groups is 1. The molecule has 0 saturated heterocycles. The molecule has 1 aliphatic carbocycles. The maximum Gasteiger partial charge on any atom is 0.106 e. The molecule has 94 valence electrons. The number of hydrogen-bond donors (Lipinski definition) is 0. The highest BCUT2D eigenvalue weighted by Crippen LogP contribution is 2.36. The van der Waals surface area contributed by atoms with Crippen LogP contribution in [0.5, 0.6) is 0 Å². The minimum Gasteiger partial charge on any atom is -0.346 e. The molecule has 0 amide bonds. The topological polar surface area (TPSA) is 15.6 Å². The zero-order valence-electron chi connectivity index (χ0n) is 11.9. The van der Waals surface area contributed by atoms with Crippen molar-refractivity contribution in [3.05, 3.63) is 24.3 Å². The first-order valence-electron chi connectivity index (χ1n) is 6.44. The average Bonchev–Trinajstić information content (AvgIpc) is 2.54. The van der Waals surface area contributed by atoms with Crippen molar-refractivity contribution in [2.24, 2.45) is 10.4 Å². The molecular formula is C15H24N2. The van der Waals surface area contributed by atoms with Gasteiger partial charge in [-0.2, -0.15) is 0 Å². The van der Waals surface area contributed by atoms with Crippen molar-refractivity contribution in [3.8, 4) is 0 Å². The molecule has 0 aromatic rings. The molecular weight excluding hydrogens is 208 g/mol. The lowest BCUT2D eigenvalue weighted by Crippen LogP contribution is -2.53. The molecule has 1 heterocycles. The van der Waals surface area contributed by atoms with Crippen molar-refractivity contribution in [2.75, 3.05) is 0 Å². The molecule has 2 unspecified atom stereocenters. The molecule has 2 rings (SSSR count). The molecule has 2 heteroatoms. The second-order valence-corrected chi connectivity index (χ2v) is 6.99. The highest BCUT2D eigenvalue weighted by atomic mass is 15.3. The number of rotatable bonds is 0. The van der Waals surface area contributed by atoms with Gasteiger partial charge in [-0.1, -0.05) is 45.1 Å². The third kappa shape index (κ3) is 2.18. The van der Waals surface area contributed by atoms with E-state index in [1.54, 1.807) is 0 Å². The molecule has 2 atom stereocenters. The van der Waals surface area contributed by atoms with Gasteiger partial charge in [-0.3, -0.25) is 4.99 Å². The summed E-state index contributed by atoms with van der Waals surface area (Å²) in [5.41, 5.74) is 0.216. The van der Waals surface area contributed by atoms with Gasteiger partial charge in [0.05, 0.1) is 12.1 Å². The highest BCUT2D eigenvalue weighted by molar-refractivity contribution is 5.90. The maximum absolute atomic E-state index is 4.93. The Kier molecular flexibility index (Phi) is 2.72. The van der Waals surface area contributed by atoms with Crippen LogP contribution in [0.1, 0.15) is 41.5 Å². The Hall–Kier alpha value is -1.05. The Balaban J connectivity index is 2.43. The lowest BCUT2D eigenvalue weighted by atomic mass is 9.90. The molecule has 0 spiro atoms. The van der Waals surface area contributed by atoms with Crippen LogP contribution in [0.2, 0.25) is 0 Å². The number of amidine groups is 1. The molecule has 17 heavy (non-hydrogen) atoms. The summed E-state index contributed by atoms with van der Waals surface area (Å²) in [5, 5.41) is 0. The number of allylic oxidation sites excluding steroid dienone is 2. The largest absolute Gasteiger partial charge is 0.346 e. The van der Waals surface area contributed by atoms with Crippen LogP contribution in [0.4, 0.5) is 0 Å². The van der Waals surface area contributed by atoms with Gasteiger partial charge in [0.25, 0.3) is 0 Å².